The fraction of sp³-hybridized carbons (Fsp3) is 0.333. The largest absolute Gasteiger partial charge is 0.492 e. The van der Waals surface area contributed by atoms with Crippen LogP contribution in [0.2, 0.25) is 0 Å². The highest BCUT2D eigenvalue weighted by atomic mass is 16.5. The topological polar surface area (TPSA) is 73.5 Å². The number of hydrogen-bond acceptors (Lipinski definition) is 4. The van der Waals surface area contributed by atoms with Crippen molar-refractivity contribution in [3.8, 4) is 5.75 Å². The summed E-state index contributed by atoms with van der Waals surface area (Å²) in [5, 5.41) is 2.97. The number of aryl methyl sites for hydroxylation is 1. The van der Waals surface area contributed by atoms with Crippen LogP contribution in [0.3, 0.4) is 0 Å². The number of amides is 2. The number of urea groups is 1. The van der Waals surface area contributed by atoms with Crippen molar-refractivity contribution >= 4 is 28.7 Å². The second kappa shape index (κ2) is 7.80. The second-order valence-electron chi connectivity index (χ2n) is 6.91. The van der Waals surface area contributed by atoms with Crippen molar-refractivity contribution in [2.45, 2.75) is 13.8 Å². The summed E-state index contributed by atoms with van der Waals surface area (Å²) >= 11 is 0. The van der Waals surface area contributed by atoms with Crippen molar-refractivity contribution in [2.75, 3.05) is 43.0 Å². The Morgan fingerprint density at radius 3 is 2.75 bits per heavy atom. The molecule has 1 aromatic heterocycles. The predicted molar refractivity (Wildman–Crippen MR) is 111 cm³/mol. The van der Waals surface area contributed by atoms with E-state index < -0.39 is 0 Å². The van der Waals surface area contributed by atoms with Crippen LogP contribution in [0.1, 0.15) is 12.5 Å². The molecule has 7 nitrogen and oxygen atoms in total. The average molecular weight is 379 g/mol. The maximum Gasteiger partial charge on any atom is 0.322 e. The number of fused-ring (bicyclic) bond motifs is 1. The fourth-order valence-corrected chi connectivity index (χ4v) is 3.43. The number of aromatic nitrogens is 2. The monoisotopic (exact) mass is 379 g/mol. The molecule has 0 unspecified atom stereocenters. The van der Waals surface area contributed by atoms with E-state index in [0.29, 0.717) is 31.1 Å². The van der Waals surface area contributed by atoms with Gasteiger partial charge in [0.2, 0.25) is 5.95 Å². The molecule has 2 N–H and O–H groups in total. The average Bonchev–Trinajstić information content (AvgIpc) is 3.13. The van der Waals surface area contributed by atoms with Crippen molar-refractivity contribution in [3.63, 3.8) is 0 Å². The molecule has 28 heavy (non-hydrogen) atoms. The normalized spacial score (nSPS) is 14.4. The molecule has 1 aliphatic heterocycles. The molecular weight excluding hydrogens is 354 g/mol. The van der Waals surface area contributed by atoms with Crippen molar-refractivity contribution in [1.82, 2.24) is 14.9 Å². The molecule has 2 amide bonds. The van der Waals surface area contributed by atoms with Crippen LogP contribution in [-0.4, -0.2) is 53.7 Å². The molecule has 4 rings (SSSR count). The van der Waals surface area contributed by atoms with Gasteiger partial charge in [-0.05, 0) is 43.7 Å². The number of nitrogens with zero attached hydrogens (tertiary/aromatic N) is 3. The molecule has 0 bridgehead atoms. The van der Waals surface area contributed by atoms with Crippen LogP contribution in [0.15, 0.2) is 42.5 Å². The zero-order chi connectivity index (χ0) is 19.5. The Balaban J connectivity index is 1.39. The van der Waals surface area contributed by atoms with Gasteiger partial charge in [0, 0.05) is 26.2 Å². The van der Waals surface area contributed by atoms with Gasteiger partial charge in [-0.25, -0.2) is 9.78 Å². The molecule has 7 heteroatoms. The highest BCUT2D eigenvalue weighted by Crippen LogP contribution is 2.24. The molecule has 1 aliphatic rings. The van der Waals surface area contributed by atoms with E-state index in [-0.39, 0.29) is 6.03 Å². The summed E-state index contributed by atoms with van der Waals surface area (Å²) in [7, 11) is 0. The Kier molecular flexibility index (Phi) is 5.06. The number of H-pyrrole nitrogens is 1. The number of imidazole rings is 1. The lowest BCUT2D eigenvalue weighted by molar-refractivity contribution is 0.207. The Labute approximate surface area is 164 Å². The number of aromatic amines is 1. The van der Waals surface area contributed by atoms with Crippen LogP contribution >= 0.6 is 0 Å². The van der Waals surface area contributed by atoms with Gasteiger partial charge >= 0.3 is 6.03 Å². The molecule has 0 spiro atoms. The van der Waals surface area contributed by atoms with Crippen molar-refractivity contribution < 1.29 is 9.53 Å². The highest BCUT2D eigenvalue weighted by molar-refractivity contribution is 5.91. The number of para-hydroxylation sites is 2. The number of hydrogen-bond donors (Lipinski definition) is 2. The Hall–Kier alpha value is -3.22. The van der Waals surface area contributed by atoms with Crippen LogP contribution in [0.4, 0.5) is 16.4 Å². The Morgan fingerprint density at radius 1 is 1.18 bits per heavy atom. The lowest BCUT2D eigenvalue weighted by atomic mass is 10.2. The minimum absolute atomic E-state index is 0.105. The number of carbonyl (C=O) groups is 1. The number of benzene rings is 2. The molecule has 3 aromatic rings. The number of rotatable bonds is 4. The molecule has 2 heterocycles. The third-order valence-corrected chi connectivity index (χ3v) is 4.92. The first-order chi connectivity index (χ1) is 13.6. The lowest BCUT2D eigenvalue weighted by Crippen LogP contribution is -2.50. The van der Waals surface area contributed by atoms with E-state index in [4.69, 9.17) is 4.74 Å². The van der Waals surface area contributed by atoms with Crippen LogP contribution in [0, 0.1) is 6.92 Å². The van der Waals surface area contributed by atoms with Gasteiger partial charge in [-0.15, -0.1) is 0 Å². The third kappa shape index (κ3) is 3.74. The van der Waals surface area contributed by atoms with Crippen molar-refractivity contribution in [3.05, 3.63) is 48.0 Å². The SMILES string of the molecule is CCOc1ccccc1NC(=O)N1CCN(c2nc3ccc(C)cc3[nH]2)CC1. The zero-order valence-corrected chi connectivity index (χ0v) is 16.2. The van der Waals surface area contributed by atoms with E-state index in [1.807, 2.05) is 42.2 Å². The minimum atomic E-state index is -0.105. The highest BCUT2D eigenvalue weighted by Gasteiger charge is 2.23. The molecule has 1 saturated heterocycles. The van der Waals surface area contributed by atoms with Gasteiger partial charge in [0.05, 0.1) is 23.3 Å². The quantitative estimate of drug-likeness (QED) is 0.726. The molecule has 2 aromatic carbocycles. The number of anilines is 2. The number of piperazine rings is 1. The zero-order valence-electron chi connectivity index (χ0n) is 16.2. The number of nitrogens with one attached hydrogen (secondary N) is 2. The number of ether oxygens (including phenoxy) is 1. The Morgan fingerprint density at radius 2 is 1.96 bits per heavy atom. The van der Waals surface area contributed by atoms with Crippen LogP contribution in [0.5, 0.6) is 5.75 Å². The van der Waals surface area contributed by atoms with Gasteiger partial charge in [0.25, 0.3) is 0 Å². The molecule has 0 aliphatic carbocycles. The first-order valence-electron chi connectivity index (χ1n) is 9.63. The summed E-state index contributed by atoms with van der Waals surface area (Å²) in [6, 6.07) is 13.6. The van der Waals surface area contributed by atoms with Gasteiger partial charge in [-0.2, -0.15) is 0 Å². The summed E-state index contributed by atoms with van der Waals surface area (Å²) < 4.78 is 5.58. The summed E-state index contributed by atoms with van der Waals surface area (Å²) in [4.78, 5) is 24.7. The number of carbonyl (C=O) groups excluding carboxylic acids is 1. The molecule has 0 radical (unpaired) electrons. The maximum atomic E-state index is 12.7. The predicted octanol–water partition coefficient (Wildman–Crippen LogP) is 3.62. The van der Waals surface area contributed by atoms with E-state index in [9.17, 15) is 4.79 Å². The van der Waals surface area contributed by atoms with Crippen molar-refractivity contribution in [1.29, 1.82) is 0 Å². The summed E-state index contributed by atoms with van der Waals surface area (Å²) in [6.45, 7) is 7.30. The fourth-order valence-electron chi connectivity index (χ4n) is 3.43. The summed E-state index contributed by atoms with van der Waals surface area (Å²) in [5.74, 6) is 1.55. The van der Waals surface area contributed by atoms with Crippen LogP contribution < -0.4 is 15.0 Å². The molecule has 0 atom stereocenters. The Bertz CT molecular complexity index is 976. The van der Waals surface area contributed by atoms with Crippen LogP contribution in [0.25, 0.3) is 11.0 Å². The van der Waals surface area contributed by atoms with E-state index in [2.05, 4.69) is 39.2 Å². The molecular formula is C21H25N5O2. The van der Waals surface area contributed by atoms with Crippen LogP contribution in [-0.2, 0) is 0 Å². The van der Waals surface area contributed by atoms with E-state index in [1.54, 1.807) is 0 Å². The second-order valence-corrected chi connectivity index (χ2v) is 6.91. The first-order valence-corrected chi connectivity index (χ1v) is 9.63. The molecule has 1 fully saturated rings. The minimum Gasteiger partial charge on any atom is -0.492 e. The van der Waals surface area contributed by atoms with Gasteiger partial charge < -0.3 is 24.8 Å². The smallest absolute Gasteiger partial charge is 0.322 e. The standard InChI is InChI=1S/C21H25N5O2/c1-3-28-19-7-5-4-6-17(19)24-21(27)26-12-10-25(11-13-26)20-22-16-9-8-15(2)14-18(16)23-20/h4-9,14H,3,10-13H2,1-2H3,(H,22,23)(H,24,27). The van der Waals surface area contributed by atoms with Gasteiger partial charge in [0.15, 0.2) is 0 Å². The molecule has 0 saturated carbocycles. The lowest BCUT2D eigenvalue weighted by Gasteiger charge is -2.34. The van der Waals surface area contributed by atoms with E-state index in [0.717, 1.165) is 30.1 Å². The van der Waals surface area contributed by atoms with E-state index >= 15 is 0 Å². The summed E-state index contributed by atoms with van der Waals surface area (Å²) in [6.07, 6.45) is 0. The van der Waals surface area contributed by atoms with E-state index in [1.165, 1.54) is 5.56 Å². The molecule has 146 valence electrons. The maximum absolute atomic E-state index is 12.7. The van der Waals surface area contributed by atoms with Crippen molar-refractivity contribution in [2.24, 2.45) is 0 Å². The van der Waals surface area contributed by atoms with Gasteiger partial charge in [-0.1, -0.05) is 18.2 Å². The van der Waals surface area contributed by atoms with Gasteiger partial charge in [-0.3, -0.25) is 0 Å². The third-order valence-electron chi connectivity index (χ3n) is 4.92. The first kappa shape index (κ1) is 18.2. The summed E-state index contributed by atoms with van der Waals surface area (Å²) in [5.41, 5.74) is 3.91. The van der Waals surface area contributed by atoms with Gasteiger partial charge in [0.1, 0.15) is 5.75 Å².